The SMILES string of the molecule is CCCCCCCCCCCCCCCCCCOC(=O)CCCCCS. The highest BCUT2D eigenvalue weighted by Gasteiger charge is 2.02. The fraction of sp³-hybridized carbons (Fsp3) is 0.958. The van der Waals surface area contributed by atoms with E-state index in [1.807, 2.05) is 0 Å². The zero-order chi connectivity index (χ0) is 19.8. The molecule has 0 rings (SSSR count). The van der Waals surface area contributed by atoms with Gasteiger partial charge in [0, 0.05) is 6.42 Å². The van der Waals surface area contributed by atoms with Gasteiger partial charge in [-0.25, -0.2) is 0 Å². The number of carbonyl (C=O) groups excluding carboxylic acids is 1. The smallest absolute Gasteiger partial charge is 0.305 e. The second-order valence-corrected chi connectivity index (χ2v) is 8.51. The summed E-state index contributed by atoms with van der Waals surface area (Å²) in [7, 11) is 0. The predicted octanol–water partition coefficient (Wildman–Crippen LogP) is 8.28. The van der Waals surface area contributed by atoms with Gasteiger partial charge in [-0.05, 0) is 25.0 Å². The van der Waals surface area contributed by atoms with Crippen molar-refractivity contribution in [3.63, 3.8) is 0 Å². The second kappa shape index (κ2) is 23.9. The molecule has 0 saturated carbocycles. The third-order valence-electron chi connectivity index (χ3n) is 5.30. The maximum Gasteiger partial charge on any atom is 0.305 e. The van der Waals surface area contributed by atoms with Gasteiger partial charge >= 0.3 is 5.97 Å². The van der Waals surface area contributed by atoms with Gasteiger partial charge in [-0.3, -0.25) is 4.79 Å². The number of ether oxygens (including phenoxy) is 1. The van der Waals surface area contributed by atoms with E-state index in [9.17, 15) is 4.79 Å². The van der Waals surface area contributed by atoms with Crippen LogP contribution in [0.25, 0.3) is 0 Å². The molecule has 2 nitrogen and oxygen atoms in total. The van der Waals surface area contributed by atoms with E-state index < -0.39 is 0 Å². The lowest BCUT2D eigenvalue weighted by atomic mass is 10.0. The number of rotatable bonds is 22. The summed E-state index contributed by atoms with van der Waals surface area (Å²) in [5.41, 5.74) is 0. The van der Waals surface area contributed by atoms with Gasteiger partial charge in [0.2, 0.25) is 0 Å². The van der Waals surface area contributed by atoms with E-state index >= 15 is 0 Å². The number of unbranched alkanes of at least 4 members (excludes halogenated alkanes) is 17. The van der Waals surface area contributed by atoms with E-state index in [0.717, 1.165) is 31.4 Å². The second-order valence-electron chi connectivity index (χ2n) is 8.06. The molecule has 0 bridgehead atoms. The fourth-order valence-electron chi connectivity index (χ4n) is 3.47. The fourth-order valence-corrected chi connectivity index (χ4v) is 3.69. The standard InChI is InChI=1S/C24H48O2S/c1-2-3-4-5-6-7-8-9-10-11-12-13-14-15-16-19-22-26-24(25)21-18-17-20-23-27/h27H,2-23H2,1H3. The molecule has 0 aromatic heterocycles. The summed E-state index contributed by atoms with van der Waals surface area (Å²) in [6.07, 6.45) is 25.6. The van der Waals surface area contributed by atoms with Gasteiger partial charge in [-0.15, -0.1) is 0 Å². The Bertz CT molecular complexity index is 294. The van der Waals surface area contributed by atoms with Gasteiger partial charge in [0.25, 0.3) is 0 Å². The molecule has 0 spiro atoms. The van der Waals surface area contributed by atoms with Crippen LogP contribution in [0.5, 0.6) is 0 Å². The Hall–Kier alpha value is -0.180. The number of thiol groups is 1. The molecule has 0 aromatic rings. The summed E-state index contributed by atoms with van der Waals surface area (Å²) in [6.45, 7) is 2.90. The molecule has 0 aliphatic carbocycles. The third-order valence-corrected chi connectivity index (χ3v) is 5.62. The molecule has 0 unspecified atom stereocenters. The first-order valence-electron chi connectivity index (χ1n) is 12.1. The molecule has 0 radical (unpaired) electrons. The van der Waals surface area contributed by atoms with Crippen LogP contribution in [0.2, 0.25) is 0 Å². The Morgan fingerprint density at radius 3 is 1.44 bits per heavy atom. The summed E-state index contributed by atoms with van der Waals surface area (Å²) in [6, 6.07) is 0. The number of hydrogen-bond acceptors (Lipinski definition) is 3. The van der Waals surface area contributed by atoms with Crippen LogP contribution in [-0.4, -0.2) is 18.3 Å². The highest BCUT2D eigenvalue weighted by atomic mass is 32.1. The predicted molar refractivity (Wildman–Crippen MR) is 123 cm³/mol. The van der Waals surface area contributed by atoms with Crippen molar-refractivity contribution in [2.75, 3.05) is 12.4 Å². The Morgan fingerprint density at radius 1 is 0.593 bits per heavy atom. The molecule has 3 heteroatoms. The summed E-state index contributed by atoms with van der Waals surface area (Å²) in [5, 5.41) is 0. The van der Waals surface area contributed by atoms with Crippen LogP contribution >= 0.6 is 12.6 Å². The molecule has 0 aromatic carbocycles. The molecule has 0 atom stereocenters. The van der Waals surface area contributed by atoms with Crippen molar-refractivity contribution in [2.45, 2.75) is 135 Å². The minimum absolute atomic E-state index is 0.0184. The van der Waals surface area contributed by atoms with Crippen LogP contribution < -0.4 is 0 Å². The van der Waals surface area contributed by atoms with E-state index in [1.54, 1.807) is 0 Å². The molecule has 0 N–H and O–H groups in total. The van der Waals surface area contributed by atoms with Crippen LogP contribution in [-0.2, 0) is 9.53 Å². The zero-order valence-corrected chi connectivity index (χ0v) is 19.2. The minimum Gasteiger partial charge on any atom is -0.466 e. The maximum absolute atomic E-state index is 11.5. The highest BCUT2D eigenvalue weighted by molar-refractivity contribution is 7.80. The molecule has 0 aliphatic rings. The first-order chi connectivity index (χ1) is 13.3. The van der Waals surface area contributed by atoms with E-state index in [2.05, 4.69) is 19.6 Å². The molecule has 0 amide bonds. The number of esters is 1. The van der Waals surface area contributed by atoms with E-state index in [-0.39, 0.29) is 5.97 Å². The molecule has 0 fully saturated rings. The Morgan fingerprint density at radius 2 is 1.00 bits per heavy atom. The molecule has 0 aliphatic heterocycles. The van der Waals surface area contributed by atoms with Crippen LogP contribution in [0.4, 0.5) is 0 Å². The van der Waals surface area contributed by atoms with Crippen molar-refractivity contribution in [1.29, 1.82) is 0 Å². The Balaban J connectivity index is 3.07. The lowest BCUT2D eigenvalue weighted by Crippen LogP contribution is -2.05. The minimum atomic E-state index is -0.0184. The van der Waals surface area contributed by atoms with Crippen molar-refractivity contribution in [3.8, 4) is 0 Å². The van der Waals surface area contributed by atoms with Gasteiger partial charge in [-0.2, -0.15) is 12.6 Å². The first-order valence-corrected chi connectivity index (χ1v) is 12.7. The average molecular weight is 401 g/mol. The Labute approximate surface area is 176 Å². The van der Waals surface area contributed by atoms with Crippen LogP contribution in [0.1, 0.15) is 135 Å². The average Bonchev–Trinajstić information content (AvgIpc) is 2.67. The maximum atomic E-state index is 11.5. The monoisotopic (exact) mass is 400 g/mol. The molecule has 0 heterocycles. The lowest BCUT2D eigenvalue weighted by Gasteiger charge is -2.05. The quantitative estimate of drug-likeness (QED) is 0.112. The number of carbonyl (C=O) groups is 1. The van der Waals surface area contributed by atoms with Crippen LogP contribution in [0, 0.1) is 0 Å². The number of hydrogen-bond donors (Lipinski definition) is 1. The van der Waals surface area contributed by atoms with Crippen molar-refractivity contribution in [2.24, 2.45) is 0 Å². The molecular formula is C24H48O2S. The van der Waals surface area contributed by atoms with E-state index in [1.165, 1.54) is 96.3 Å². The summed E-state index contributed by atoms with van der Waals surface area (Å²) in [5.74, 6) is 0.893. The Kier molecular flexibility index (Phi) is 23.7. The highest BCUT2D eigenvalue weighted by Crippen LogP contribution is 2.13. The molecule has 27 heavy (non-hydrogen) atoms. The summed E-state index contributed by atoms with van der Waals surface area (Å²) in [4.78, 5) is 11.5. The van der Waals surface area contributed by atoms with Crippen molar-refractivity contribution in [3.05, 3.63) is 0 Å². The molecule has 0 saturated heterocycles. The normalized spacial score (nSPS) is 11.0. The van der Waals surface area contributed by atoms with Crippen LogP contribution in [0.15, 0.2) is 0 Å². The summed E-state index contributed by atoms with van der Waals surface area (Å²) < 4.78 is 5.28. The van der Waals surface area contributed by atoms with Crippen molar-refractivity contribution >= 4 is 18.6 Å². The first kappa shape index (κ1) is 26.8. The van der Waals surface area contributed by atoms with Crippen LogP contribution in [0.3, 0.4) is 0 Å². The largest absolute Gasteiger partial charge is 0.466 e. The van der Waals surface area contributed by atoms with Crippen molar-refractivity contribution < 1.29 is 9.53 Å². The summed E-state index contributed by atoms with van der Waals surface area (Å²) >= 11 is 4.17. The zero-order valence-electron chi connectivity index (χ0n) is 18.3. The van der Waals surface area contributed by atoms with E-state index in [4.69, 9.17) is 4.74 Å². The van der Waals surface area contributed by atoms with Gasteiger partial charge in [0.05, 0.1) is 6.61 Å². The topological polar surface area (TPSA) is 26.3 Å². The van der Waals surface area contributed by atoms with E-state index in [0.29, 0.717) is 13.0 Å². The lowest BCUT2D eigenvalue weighted by molar-refractivity contribution is -0.143. The van der Waals surface area contributed by atoms with Gasteiger partial charge < -0.3 is 4.74 Å². The van der Waals surface area contributed by atoms with Gasteiger partial charge in [-0.1, -0.05) is 110 Å². The van der Waals surface area contributed by atoms with Gasteiger partial charge in [0.15, 0.2) is 0 Å². The van der Waals surface area contributed by atoms with Crippen molar-refractivity contribution in [1.82, 2.24) is 0 Å². The molecular weight excluding hydrogens is 352 g/mol. The van der Waals surface area contributed by atoms with Gasteiger partial charge in [0.1, 0.15) is 0 Å². The molecule has 162 valence electrons. The third kappa shape index (κ3) is 23.8.